The predicted molar refractivity (Wildman–Crippen MR) is 94.3 cm³/mol. The van der Waals surface area contributed by atoms with Crippen molar-refractivity contribution in [2.24, 2.45) is 5.92 Å². The van der Waals surface area contributed by atoms with E-state index in [2.05, 4.69) is 0 Å². The van der Waals surface area contributed by atoms with Gasteiger partial charge in [0, 0.05) is 44.4 Å². The molecule has 0 spiro atoms. The molecule has 2 aliphatic rings. The summed E-state index contributed by atoms with van der Waals surface area (Å²) in [6.45, 7) is 1.75. The monoisotopic (exact) mass is 381 g/mol. The van der Waals surface area contributed by atoms with Gasteiger partial charge < -0.3 is 14.7 Å². The van der Waals surface area contributed by atoms with Crippen LogP contribution in [0.25, 0.3) is 0 Å². The zero-order valence-electron chi connectivity index (χ0n) is 15.3. The van der Waals surface area contributed by atoms with Gasteiger partial charge in [-0.15, -0.1) is 0 Å². The van der Waals surface area contributed by atoms with E-state index in [0.717, 1.165) is 18.9 Å². The molecule has 0 aliphatic carbocycles. The number of rotatable bonds is 5. The number of benzene rings is 1. The molecule has 27 heavy (non-hydrogen) atoms. The van der Waals surface area contributed by atoms with Crippen LogP contribution >= 0.6 is 0 Å². The molecule has 2 heterocycles. The number of aliphatic carboxylic acids is 1. The van der Waals surface area contributed by atoms with Crippen LogP contribution in [0.1, 0.15) is 44.1 Å². The van der Waals surface area contributed by atoms with Gasteiger partial charge in [-0.25, -0.2) is 8.78 Å². The van der Waals surface area contributed by atoms with Gasteiger partial charge in [0.1, 0.15) is 11.6 Å². The van der Waals surface area contributed by atoms with Crippen molar-refractivity contribution in [3.05, 3.63) is 35.4 Å². The van der Waals surface area contributed by atoms with Crippen LogP contribution in [0, 0.1) is 17.6 Å². The number of nitrogens with zero attached hydrogens (tertiary/aromatic N) is 1. The minimum Gasteiger partial charge on any atom is -0.481 e. The van der Waals surface area contributed by atoms with Gasteiger partial charge in [0.15, 0.2) is 0 Å². The number of likely N-dealkylation sites (tertiary alicyclic amines) is 1. The van der Waals surface area contributed by atoms with Crippen LogP contribution in [0.4, 0.5) is 8.78 Å². The Hall–Kier alpha value is -2.02. The van der Waals surface area contributed by atoms with Crippen LogP contribution in [0.2, 0.25) is 0 Å². The van der Waals surface area contributed by atoms with Crippen LogP contribution in [0.15, 0.2) is 18.2 Å². The third-order valence-corrected chi connectivity index (χ3v) is 5.78. The van der Waals surface area contributed by atoms with Crippen molar-refractivity contribution in [3.8, 4) is 0 Å². The molecule has 0 saturated carbocycles. The van der Waals surface area contributed by atoms with E-state index in [1.165, 1.54) is 12.1 Å². The normalized spacial score (nSPS) is 22.4. The maximum Gasteiger partial charge on any atom is 0.303 e. The first kappa shape index (κ1) is 19.7. The Morgan fingerprint density at radius 2 is 2.00 bits per heavy atom. The number of carbonyl (C=O) groups excluding carboxylic acids is 1. The number of ether oxygens (including phenoxy) is 1. The molecule has 1 amide bonds. The van der Waals surface area contributed by atoms with Crippen LogP contribution in [-0.2, 0) is 19.7 Å². The highest BCUT2D eigenvalue weighted by Crippen LogP contribution is 2.39. The number of piperidine rings is 1. The fraction of sp³-hybridized carbons (Fsp3) is 0.600. The summed E-state index contributed by atoms with van der Waals surface area (Å²) in [6, 6.07) is 3.39. The van der Waals surface area contributed by atoms with Gasteiger partial charge in [0.2, 0.25) is 5.91 Å². The number of carboxylic acid groups (broad SMARTS) is 1. The fourth-order valence-corrected chi connectivity index (χ4v) is 4.31. The van der Waals surface area contributed by atoms with Crippen LogP contribution < -0.4 is 0 Å². The molecule has 1 aromatic carbocycles. The van der Waals surface area contributed by atoms with Crippen molar-refractivity contribution < 1.29 is 28.2 Å². The van der Waals surface area contributed by atoms with E-state index in [9.17, 15) is 18.4 Å². The number of carbonyl (C=O) groups is 2. The standard InChI is InChI=1S/C20H25F2NO4/c21-15-4-5-16(17(22)12-15)20(7-10-27-11-8-20)19(26)23-9-1-2-14(13-23)3-6-18(24)25/h4-5,12,14H,1-3,6-11,13H2,(H,24,25)/t14-/m1/s1. The summed E-state index contributed by atoms with van der Waals surface area (Å²) >= 11 is 0. The van der Waals surface area contributed by atoms with Crippen LogP contribution in [0.5, 0.6) is 0 Å². The Morgan fingerprint density at radius 1 is 1.26 bits per heavy atom. The molecule has 0 unspecified atom stereocenters. The highest BCUT2D eigenvalue weighted by atomic mass is 19.1. The van der Waals surface area contributed by atoms with Crippen molar-refractivity contribution in [1.82, 2.24) is 4.90 Å². The Kier molecular flexibility index (Phi) is 6.09. The van der Waals surface area contributed by atoms with Gasteiger partial charge in [0.25, 0.3) is 0 Å². The van der Waals surface area contributed by atoms with Gasteiger partial charge in [-0.2, -0.15) is 0 Å². The molecule has 7 heteroatoms. The lowest BCUT2D eigenvalue weighted by molar-refractivity contribution is -0.143. The molecular weight excluding hydrogens is 356 g/mol. The quantitative estimate of drug-likeness (QED) is 0.851. The van der Waals surface area contributed by atoms with E-state index >= 15 is 0 Å². The number of halogens is 2. The molecule has 0 aromatic heterocycles. The van der Waals surface area contributed by atoms with Crippen LogP contribution in [-0.4, -0.2) is 48.2 Å². The number of hydrogen-bond donors (Lipinski definition) is 1. The second-order valence-electron chi connectivity index (χ2n) is 7.51. The molecule has 1 atom stereocenters. The Labute approximate surface area is 157 Å². The van der Waals surface area contributed by atoms with E-state index in [0.29, 0.717) is 45.6 Å². The van der Waals surface area contributed by atoms with Crippen molar-refractivity contribution in [2.75, 3.05) is 26.3 Å². The van der Waals surface area contributed by atoms with E-state index in [1.54, 1.807) is 4.90 Å². The van der Waals surface area contributed by atoms with Gasteiger partial charge in [0.05, 0.1) is 5.41 Å². The van der Waals surface area contributed by atoms with E-state index < -0.39 is 23.0 Å². The predicted octanol–water partition coefficient (Wildman–Crippen LogP) is 3.12. The topological polar surface area (TPSA) is 66.8 Å². The van der Waals surface area contributed by atoms with Crippen LogP contribution in [0.3, 0.4) is 0 Å². The van der Waals surface area contributed by atoms with Crippen molar-refractivity contribution in [3.63, 3.8) is 0 Å². The third kappa shape index (κ3) is 4.29. The smallest absolute Gasteiger partial charge is 0.303 e. The minimum absolute atomic E-state index is 0.0816. The molecule has 1 aromatic rings. The first-order valence-electron chi connectivity index (χ1n) is 9.47. The molecule has 2 saturated heterocycles. The summed E-state index contributed by atoms with van der Waals surface area (Å²) in [5, 5.41) is 8.90. The van der Waals surface area contributed by atoms with Crippen molar-refractivity contribution in [1.29, 1.82) is 0 Å². The second kappa shape index (κ2) is 8.33. The Bertz CT molecular complexity index is 703. The zero-order chi connectivity index (χ0) is 19.4. The average Bonchev–Trinajstić information content (AvgIpc) is 2.66. The first-order chi connectivity index (χ1) is 12.9. The highest BCUT2D eigenvalue weighted by Gasteiger charge is 2.46. The molecule has 1 N–H and O–H groups in total. The summed E-state index contributed by atoms with van der Waals surface area (Å²) in [5.74, 6) is -2.24. The molecule has 3 rings (SSSR count). The lowest BCUT2D eigenvalue weighted by atomic mass is 9.72. The van der Waals surface area contributed by atoms with E-state index in [1.807, 2.05) is 0 Å². The molecule has 2 aliphatic heterocycles. The molecule has 5 nitrogen and oxygen atoms in total. The number of hydrogen-bond acceptors (Lipinski definition) is 3. The second-order valence-corrected chi connectivity index (χ2v) is 7.51. The molecule has 148 valence electrons. The Balaban J connectivity index is 1.84. The lowest BCUT2D eigenvalue weighted by Gasteiger charge is -2.43. The summed E-state index contributed by atoms with van der Waals surface area (Å²) in [5.41, 5.74) is -0.824. The van der Waals surface area contributed by atoms with Gasteiger partial charge in [-0.1, -0.05) is 6.07 Å². The summed E-state index contributed by atoms with van der Waals surface area (Å²) in [7, 11) is 0. The third-order valence-electron chi connectivity index (χ3n) is 5.78. The number of amides is 1. The lowest BCUT2D eigenvalue weighted by Crippen LogP contribution is -2.53. The van der Waals surface area contributed by atoms with E-state index in [4.69, 9.17) is 9.84 Å². The average molecular weight is 381 g/mol. The molecule has 0 radical (unpaired) electrons. The highest BCUT2D eigenvalue weighted by molar-refractivity contribution is 5.88. The first-order valence-corrected chi connectivity index (χ1v) is 9.47. The molecular formula is C20H25F2NO4. The summed E-state index contributed by atoms with van der Waals surface area (Å²) < 4.78 is 33.4. The SMILES string of the molecule is O=C(O)CC[C@H]1CCCN(C(=O)C2(c3ccc(F)cc3F)CCOCC2)C1. The largest absolute Gasteiger partial charge is 0.481 e. The molecule has 0 bridgehead atoms. The minimum atomic E-state index is -1.05. The van der Waals surface area contributed by atoms with Gasteiger partial charge in [-0.3, -0.25) is 9.59 Å². The summed E-state index contributed by atoms with van der Waals surface area (Å²) in [4.78, 5) is 26.1. The van der Waals surface area contributed by atoms with Crippen molar-refractivity contribution in [2.45, 2.75) is 43.9 Å². The fourth-order valence-electron chi connectivity index (χ4n) is 4.31. The maximum absolute atomic E-state index is 14.6. The zero-order valence-corrected chi connectivity index (χ0v) is 15.3. The van der Waals surface area contributed by atoms with Gasteiger partial charge >= 0.3 is 5.97 Å². The van der Waals surface area contributed by atoms with Crippen molar-refractivity contribution >= 4 is 11.9 Å². The van der Waals surface area contributed by atoms with E-state index in [-0.39, 0.29) is 23.8 Å². The maximum atomic E-state index is 14.6. The summed E-state index contributed by atoms with van der Waals surface area (Å²) in [6.07, 6.45) is 3.00. The Morgan fingerprint density at radius 3 is 2.67 bits per heavy atom. The van der Waals surface area contributed by atoms with Gasteiger partial charge in [-0.05, 0) is 44.1 Å². The number of carboxylic acids is 1. The molecule has 2 fully saturated rings.